The van der Waals surface area contributed by atoms with Gasteiger partial charge >= 0.3 is 6.03 Å². The van der Waals surface area contributed by atoms with Crippen molar-refractivity contribution in [2.24, 2.45) is 0 Å². The van der Waals surface area contributed by atoms with Crippen molar-refractivity contribution in [3.05, 3.63) is 90.5 Å². The number of para-hydroxylation sites is 1. The third-order valence-corrected chi connectivity index (χ3v) is 5.19. The van der Waals surface area contributed by atoms with Crippen LogP contribution < -0.4 is 10.6 Å². The van der Waals surface area contributed by atoms with Gasteiger partial charge in [0.05, 0.1) is 11.9 Å². The Morgan fingerprint density at radius 2 is 1.87 bits per heavy atom. The Morgan fingerprint density at radius 3 is 2.63 bits per heavy atom. The van der Waals surface area contributed by atoms with E-state index in [0.717, 1.165) is 27.4 Å². The van der Waals surface area contributed by atoms with Gasteiger partial charge in [0.2, 0.25) is 0 Å². The Balaban J connectivity index is 1.32. The highest BCUT2D eigenvalue weighted by Gasteiger charge is 2.08. The topological polar surface area (TPSA) is 84.7 Å². The second kappa shape index (κ2) is 9.23. The maximum absolute atomic E-state index is 12.3. The van der Waals surface area contributed by atoms with Crippen molar-refractivity contribution >= 4 is 23.5 Å². The van der Waals surface area contributed by atoms with Crippen LogP contribution in [-0.2, 0) is 6.54 Å². The van der Waals surface area contributed by atoms with E-state index in [1.807, 2.05) is 61.7 Å². The molecule has 0 bridgehead atoms. The van der Waals surface area contributed by atoms with Gasteiger partial charge < -0.3 is 10.6 Å². The number of nitrogens with one attached hydrogen (secondary N) is 2. The molecule has 2 aromatic carbocycles. The normalized spacial score (nSPS) is 10.6. The van der Waals surface area contributed by atoms with E-state index in [1.165, 1.54) is 11.8 Å². The zero-order valence-electron chi connectivity index (χ0n) is 16.3. The molecule has 0 saturated heterocycles. The maximum Gasteiger partial charge on any atom is 0.319 e. The number of carbonyl (C=O) groups excluding carboxylic acids is 1. The van der Waals surface area contributed by atoms with Gasteiger partial charge in [-0.05, 0) is 60.6 Å². The van der Waals surface area contributed by atoms with Crippen molar-refractivity contribution in [3.8, 4) is 5.69 Å². The van der Waals surface area contributed by atoms with Gasteiger partial charge in [0.15, 0.2) is 5.16 Å². The number of carbonyl (C=O) groups is 1. The third kappa shape index (κ3) is 5.03. The molecule has 0 aliphatic carbocycles. The number of benzene rings is 2. The number of aromatic nitrogens is 4. The van der Waals surface area contributed by atoms with Gasteiger partial charge in [-0.2, -0.15) is 5.10 Å². The number of anilines is 1. The molecule has 0 aliphatic heterocycles. The van der Waals surface area contributed by atoms with Crippen LogP contribution in [0, 0.1) is 6.92 Å². The van der Waals surface area contributed by atoms with Crippen LogP contribution in [0.5, 0.6) is 0 Å². The van der Waals surface area contributed by atoms with Crippen LogP contribution in [0.25, 0.3) is 5.69 Å². The summed E-state index contributed by atoms with van der Waals surface area (Å²) < 4.78 is 1.78. The van der Waals surface area contributed by atoms with Crippen LogP contribution in [0.15, 0.2) is 89.4 Å². The molecule has 4 rings (SSSR count). The minimum atomic E-state index is -0.266. The summed E-state index contributed by atoms with van der Waals surface area (Å²) in [5, 5.41) is 10.8. The van der Waals surface area contributed by atoms with Crippen LogP contribution >= 0.6 is 11.8 Å². The van der Waals surface area contributed by atoms with Crippen molar-refractivity contribution < 1.29 is 4.79 Å². The first-order chi connectivity index (χ1) is 14.7. The summed E-state index contributed by atoms with van der Waals surface area (Å²) >= 11 is 1.48. The summed E-state index contributed by atoms with van der Waals surface area (Å²) in [6.07, 6.45) is 7.08. The molecule has 2 amide bonds. The maximum atomic E-state index is 12.3. The fourth-order valence-electron chi connectivity index (χ4n) is 2.81. The summed E-state index contributed by atoms with van der Waals surface area (Å²) in [6.45, 7) is 2.34. The van der Waals surface area contributed by atoms with E-state index in [2.05, 4.69) is 25.7 Å². The molecule has 8 heteroatoms. The highest BCUT2D eigenvalue weighted by molar-refractivity contribution is 7.99. The Labute approximate surface area is 178 Å². The Bertz CT molecular complexity index is 1130. The number of rotatable bonds is 6. The Morgan fingerprint density at radius 1 is 1.07 bits per heavy atom. The molecule has 0 aliphatic rings. The summed E-state index contributed by atoms with van der Waals surface area (Å²) in [5.41, 5.74) is 3.61. The molecule has 0 spiro atoms. The lowest BCUT2D eigenvalue weighted by Crippen LogP contribution is -2.28. The molecular weight excluding hydrogens is 396 g/mol. The number of hydrogen-bond acceptors (Lipinski definition) is 5. The lowest BCUT2D eigenvalue weighted by atomic mass is 10.2. The lowest BCUT2D eigenvalue weighted by Gasteiger charge is -2.10. The Kier molecular flexibility index (Phi) is 6.05. The molecule has 30 heavy (non-hydrogen) atoms. The predicted octanol–water partition coefficient (Wildman–Crippen LogP) is 4.44. The van der Waals surface area contributed by atoms with Crippen LogP contribution in [0.4, 0.5) is 10.5 Å². The molecule has 2 aromatic heterocycles. The smallest absolute Gasteiger partial charge is 0.319 e. The molecule has 2 N–H and O–H groups in total. The number of amides is 2. The SMILES string of the molecule is Cc1cc(Sc2ncccn2)ccc1NC(=O)NCc1cnn(-c2ccccc2)c1. The van der Waals surface area contributed by atoms with Crippen molar-refractivity contribution in [3.63, 3.8) is 0 Å². The highest BCUT2D eigenvalue weighted by Crippen LogP contribution is 2.27. The molecule has 150 valence electrons. The molecule has 0 atom stereocenters. The zero-order chi connectivity index (χ0) is 20.8. The second-order valence-corrected chi connectivity index (χ2v) is 7.59. The third-order valence-electron chi connectivity index (χ3n) is 4.31. The highest BCUT2D eigenvalue weighted by atomic mass is 32.2. The molecule has 4 aromatic rings. The van der Waals surface area contributed by atoms with Crippen molar-refractivity contribution in [1.29, 1.82) is 0 Å². The molecule has 0 radical (unpaired) electrons. The first-order valence-corrected chi connectivity index (χ1v) is 10.2. The monoisotopic (exact) mass is 416 g/mol. The molecular formula is C22H20N6OS. The van der Waals surface area contributed by atoms with Crippen LogP contribution in [0.2, 0.25) is 0 Å². The number of nitrogens with zero attached hydrogens (tertiary/aromatic N) is 4. The van der Waals surface area contributed by atoms with Crippen LogP contribution in [-0.4, -0.2) is 25.8 Å². The summed E-state index contributed by atoms with van der Waals surface area (Å²) in [7, 11) is 0. The van der Waals surface area contributed by atoms with Gasteiger partial charge in [-0.1, -0.05) is 18.2 Å². The van der Waals surface area contributed by atoms with Crippen molar-refractivity contribution in [2.45, 2.75) is 23.5 Å². The van der Waals surface area contributed by atoms with E-state index in [4.69, 9.17) is 0 Å². The zero-order valence-corrected chi connectivity index (χ0v) is 17.1. The number of hydrogen-bond donors (Lipinski definition) is 2. The Hall–Kier alpha value is -3.65. The van der Waals surface area contributed by atoms with Gasteiger partial charge in [0, 0.05) is 41.3 Å². The van der Waals surface area contributed by atoms with Gasteiger partial charge in [-0.3, -0.25) is 0 Å². The van der Waals surface area contributed by atoms with Gasteiger partial charge in [-0.25, -0.2) is 19.4 Å². The first kappa shape index (κ1) is 19.7. The summed E-state index contributed by atoms with van der Waals surface area (Å²) in [6, 6.07) is 17.2. The summed E-state index contributed by atoms with van der Waals surface area (Å²) in [5.74, 6) is 0. The fraction of sp³-hybridized carbons (Fsp3) is 0.0909. The van der Waals surface area contributed by atoms with E-state index in [1.54, 1.807) is 29.3 Å². The minimum Gasteiger partial charge on any atom is -0.334 e. The van der Waals surface area contributed by atoms with Crippen LogP contribution in [0.3, 0.4) is 0 Å². The second-order valence-electron chi connectivity index (χ2n) is 6.55. The first-order valence-electron chi connectivity index (χ1n) is 9.37. The predicted molar refractivity (Wildman–Crippen MR) is 117 cm³/mol. The average Bonchev–Trinajstić information content (AvgIpc) is 3.25. The molecule has 0 unspecified atom stereocenters. The average molecular weight is 417 g/mol. The molecule has 7 nitrogen and oxygen atoms in total. The van der Waals surface area contributed by atoms with Crippen LogP contribution in [0.1, 0.15) is 11.1 Å². The van der Waals surface area contributed by atoms with Gasteiger partial charge in [-0.15, -0.1) is 0 Å². The van der Waals surface area contributed by atoms with E-state index in [9.17, 15) is 4.79 Å². The number of aryl methyl sites for hydroxylation is 1. The standard InChI is InChI=1S/C22H20N6OS/c1-16-12-19(30-22-23-10-5-11-24-22)8-9-20(16)27-21(29)25-13-17-14-26-28(15-17)18-6-3-2-4-7-18/h2-12,14-15H,13H2,1H3,(H2,25,27,29). The van der Waals surface area contributed by atoms with Gasteiger partial charge in [0.1, 0.15) is 0 Å². The molecule has 0 saturated carbocycles. The van der Waals surface area contributed by atoms with E-state index >= 15 is 0 Å². The molecule has 2 heterocycles. The van der Waals surface area contributed by atoms with Crippen molar-refractivity contribution in [2.75, 3.05) is 5.32 Å². The van der Waals surface area contributed by atoms with E-state index in [0.29, 0.717) is 11.7 Å². The minimum absolute atomic E-state index is 0.266. The van der Waals surface area contributed by atoms with E-state index < -0.39 is 0 Å². The van der Waals surface area contributed by atoms with E-state index in [-0.39, 0.29) is 6.03 Å². The lowest BCUT2D eigenvalue weighted by molar-refractivity contribution is 0.251. The quantitative estimate of drug-likeness (QED) is 0.454. The van der Waals surface area contributed by atoms with Crippen molar-refractivity contribution in [1.82, 2.24) is 25.1 Å². The fourth-order valence-corrected chi connectivity index (χ4v) is 3.62. The largest absolute Gasteiger partial charge is 0.334 e. The molecule has 0 fully saturated rings. The number of urea groups is 1. The van der Waals surface area contributed by atoms with Gasteiger partial charge in [0.25, 0.3) is 0 Å². The summed E-state index contributed by atoms with van der Waals surface area (Å²) in [4.78, 5) is 21.8.